The van der Waals surface area contributed by atoms with Crippen LogP contribution in [0.5, 0.6) is 5.75 Å². The van der Waals surface area contributed by atoms with Crippen molar-refractivity contribution in [2.75, 3.05) is 19.5 Å². The van der Waals surface area contributed by atoms with Crippen LogP contribution in [-0.2, 0) is 0 Å². The molecule has 0 saturated heterocycles. The minimum Gasteiger partial charge on any atom is -0.494 e. The number of rotatable bonds is 3. The Labute approximate surface area is 115 Å². The van der Waals surface area contributed by atoms with Crippen LogP contribution in [-0.4, -0.2) is 23.5 Å². The lowest BCUT2D eigenvalue weighted by Gasteiger charge is -2.02. The van der Waals surface area contributed by atoms with Gasteiger partial charge in [0.1, 0.15) is 5.65 Å². The normalized spacial score (nSPS) is 10.8. The number of methoxy groups -OCH3 is 1. The second-order valence-corrected chi connectivity index (χ2v) is 4.41. The van der Waals surface area contributed by atoms with E-state index in [1.165, 1.54) is 13.2 Å². The third-order valence-corrected chi connectivity index (χ3v) is 3.20. The third-order valence-electron chi connectivity index (χ3n) is 3.20. The molecule has 2 heterocycles. The lowest BCUT2D eigenvalue weighted by Crippen LogP contribution is -1.89. The number of benzene rings is 1. The molecular formula is C15H14FN3O. The van der Waals surface area contributed by atoms with Crippen molar-refractivity contribution in [1.82, 2.24) is 9.38 Å². The highest BCUT2D eigenvalue weighted by molar-refractivity contribution is 5.65. The molecule has 0 spiro atoms. The molecule has 1 N–H and O–H groups in total. The summed E-state index contributed by atoms with van der Waals surface area (Å²) < 4.78 is 20.6. The van der Waals surface area contributed by atoms with Crippen LogP contribution in [0.4, 0.5) is 10.1 Å². The highest BCUT2D eigenvalue weighted by Gasteiger charge is 2.08. The fourth-order valence-electron chi connectivity index (χ4n) is 2.10. The Kier molecular flexibility index (Phi) is 3.02. The van der Waals surface area contributed by atoms with E-state index in [0.717, 1.165) is 22.6 Å². The Morgan fingerprint density at radius 1 is 1.25 bits per heavy atom. The summed E-state index contributed by atoms with van der Waals surface area (Å²) in [6, 6.07) is 8.71. The van der Waals surface area contributed by atoms with Crippen LogP contribution >= 0.6 is 0 Å². The topological polar surface area (TPSA) is 38.6 Å². The summed E-state index contributed by atoms with van der Waals surface area (Å²) in [7, 11) is 3.30. The van der Waals surface area contributed by atoms with Crippen LogP contribution in [0.1, 0.15) is 0 Å². The number of ether oxygens (including phenoxy) is 1. The quantitative estimate of drug-likeness (QED) is 0.795. The van der Waals surface area contributed by atoms with Gasteiger partial charge < -0.3 is 14.5 Å². The molecule has 4 nitrogen and oxygen atoms in total. The van der Waals surface area contributed by atoms with Crippen molar-refractivity contribution in [2.45, 2.75) is 0 Å². The van der Waals surface area contributed by atoms with E-state index in [1.54, 1.807) is 12.1 Å². The van der Waals surface area contributed by atoms with Gasteiger partial charge in [-0.1, -0.05) is 0 Å². The zero-order valence-electron chi connectivity index (χ0n) is 11.2. The molecular weight excluding hydrogens is 257 g/mol. The number of hydrogen-bond acceptors (Lipinski definition) is 3. The van der Waals surface area contributed by atoms with Gasteiger partial charge in [-0.05, 0) is 24.3 Å². The van der Waals surface area contributed by atoms with Gasteiger partial charge in [0, 0.05) is 36.8 Å². The van der Waals surface area contributed by atoms with Gasteiger partial charge in [0.2, 0.25) is 0 Å². The molecule has 20 heavy (non-hydrogen) atoms. The van der Waals surface area contributed by atoms with Crippen molar-refractivity contribution < 1.29 is 9.13 Å². The summed E-state index contributed by atoms with van der Waals surface area (Å²) >= 11 is 0. The van der Waals surface area contributed by atoms with Crippen LogP contribution < -0.4 is 10.1 Å². The number of anilines is 1. The molecule has 0 aliphatic rings. The predicted molar refractivity (Wildman–Crippen MR) is 76.7 cm³/mol. The van der Waals surface area contributed by atoms with Crippen LogP contribution in [0.2, 0.25) is 0 Å². The van der Waals surface area contributed by atoms with Gasteiger partial charge >= 0.3 is 0 Å². The molecule has 5 heteroatoms. The Morgan fingerprint density at radius 2 is 2.10 bits per heavy atom. The van der Waals surface area contributed by atoms with Crippen LogP contribution in [0.3, 0.4) is 0 Å². The number of fused-ring (bicyclic) bond motifs is 1. The molecule has 0 radical (unpaired) electrons. The minimum atomic E-state index is -0.391. The molecule has 0 unspecified atom stereocenters. The largest absolute Gasteiger partial charge is 0.494 e. The third kappa shape index (κ3) is 2.07. The SMILES string of the molecule is CNc1ccn2cc(-c3ccc(OC)c(F)c3)nc2c1. The van der Waals surface area contributed by atoms with Crippen molar-refractivity contribution >= 4 is 11.3 Å². The van der Waals surface area contributed by atoms with E-state index in [9.17, 15) is 4.39 Å². The van der Waals surface area contributed by atoms with E-state index in [1.807, 2.05) is 36.0 Å². The second-order valence-electron chi connectivity index (χ2n) is 4.41. The Balaban J connectivity index is 2.07. The van der Waals surface area contributed by atoms with E-state index in [2.05, 4.69) is 10.3 Å². The Hall–Kier alpha value is -2.56. The van der Waals surface area contributed by atoms with Gasteiger partial charge in [-0.25, -0.2) is 9.37 Å². The van der Waals surface area contributed by atoms with Crippen molar-refractivity contribution in [3.63, 3.8) is 0 Å². The number of pyridine rings is 1. The molecule has 0 atom stereocenters. The maximum absolute atomic E-state index is 13.7. The summed E-state index contributed by atoms with van der Waals surface area (Å²) in [5, 5.41) is 3.06. The molecule has 102 valence electrons. The summed E-state index contributed by atoms with van der Waals surface area (Å²) in [6.45, 7) is 0. The number of nitrogens with zero attached hydrogens (tertiary/aromatic N) is 2. The fourth-order valence-corrected chi connectivity index (χ4v) is 2.10. The molecule has 2 aromatic heterocycles. The first-order chi connectivity index (χ1) is 9.71. The van der Waals surface area contributed by atoms with Gasteiger partial charge in [0.25, 0.3) is 0 Å². The summed E-state index contributed by atoms with van der Waals surface area (Å²) in [4.78, 5) is 4.50. The summed E-state index contributed by atoms with van der Waals surface area (Å²) in [5.41, 5.74) is 3.23. The van der Waals surface area contributed by atoms with Crippen molar-refractivity contribution in [2.24, 2.45) is 0 Å². The van der Waals surface area contributed by atoms with E-state index < -0.39 is 5.82 Å². The van der Waals surface area contributed by atoms with E-state index >= 15 is 0 Å². The average molecular weight is 271 g/mol. The molecule has 0 fully saturated rings. The van der Waals surface area contributed by atoms with E-state index in [-0.39, 0.29) is 5.75 Å². The van der Waals surface area contributed by atoms with Gasteiger partial charge in [0.15, 0.2) is 11.6 Å². The fraction of sp³-hybridized carbons (Fsp3) is 0.133. The molecule has 0 aliphatic carbocycles. The molecule has 3 rings (SSSR count). The van der Waals surface area contributed by atoms with Crippen LogP contribution in [0.25, 0.3) is 16.9 Å². The molecule has 0 aliphatic heterocycles. The predicted octanol–water partition coefficient (Wildman–Crippen LogP) is 3.19. The van der Waals surface area contributed by atoms with Crippen molar-refractivity contribution in [3.8, 4) is 17.0 Å². The van der Waals surface area contributed by atoms with Crippen LogP contribution in [0, 0.1) is 5.82 Å². The number of aromatic nitrogens is 2. The zero-order chi connectivity index (χ0) is 14.1. The average Bonchev–Trinajstić information content (AvgIpc) is 2.89. The van der Waals surface area contributed by atoms with E-state index in [0.29, 0.717) is 0 Å². The maximum Gasteiger partial charge on any atom is 0.165 e. The Morgan fingerprint density at radius 3 is 2.80 bits per heavy atom. The van der Waals surface area contributed by atoms with Gasteiger partial charge in [-0.2, -0.15) is 0 Å². The summed E-state index contributed by atoms with van der Waals surface area (Å²) in [5.74, 6) is -0.159. The van der Waals surface area contributed by atoms with Crippen molar-refractivity contribution in [3.05, 3.63) is 48.5 Å². The van der Waals surface area contributed by atoms with Gasteiger partial charge in [0.05, 0.1) is 12.8 Å². The number of imidazole rings is 1. The number of nitrogens with one attached hydrogen (secondary N) is 1. The van der Waals surface area contributed by atoms with E-state index in [4.69, 9.17) is 4.74 Å². The monoisotopic (exact) mass is 271 g/mol. The number of hydrogen-bond donors (Lipinski definition) is 1. The van der Waals surface area contributed by atoms with Crippen LogP contribution in [0.15, 0.2) is 42.7 Å². The van der Waals surface area contributed by atoms with Gasteiger partial charge in [-0.3, -0.25) is 0 Å². The maximum atomic E-state index is 13.7. The Bertz CT molecular complexity index is 767. The molecule has 0 saturated carbocycles. The smallest absolute Gasteiger partial charge is 0.165 e. The first-order valence-electron chi connectivity index (χ1n) is 6.21. The lowest BCUT2D eigenvalue weighted by molar-refractivity contribution is 0.386. The highest BCUT2D eigenvalue weighted by atomic mass is 19.1. The molecule has 1 aromatic carbocycles. The molecule has 3 aromatic rings. The minimum absolute atomic E-state index is 0.231. The zero-order valence-corrected chi connectivity index (χ0v) is 11.2. The molecule has 0 amide bonds. The van der Waals surface area contributed by atoms with Gasteiger partial charge in [-0.15, -0.1) is 0 Å². The lowest BCUT2D eigenvalue weighted by atomic mass is 10.1. The summed E-state index contributed by atoms with van der Waals surface area (Å²) in [6.07, 6.45) is 3.79. The standard InChI is InChI=1S/C15H14FN3O/c1-17-11-5-6-19-9-13(18-15(19)8-11)10-3-4-14(20-2)12(16)7-10/h3-9,17H,1-2H3. The van der Waals surface area contributed by atoms with Crippen molar-refractivity contribution in [1.29, 1.82) is 0 Å². The number of halogens is 1. The first-order valence-corrected chi connectivity index (χ1v) is 6.21. The molecule has 0 bridgehead atoms. The first kappa shape index (κ1) is 12.5. The second kappa shape index (κ2) is 4.85. The highest BCUT2D eigenvalue weighted by Crippen LogP contribution is 2.25.